The van der Waals surface area contributed by atoms with Crippen molar-refractivity contribution in [3.8, 4) is 11.8 Å². The van der Waals surface area contributed by atoms with Crippen LogP contribution in [-0.4, -0.2) is 23.1 Å². The van der Waals surface area contributed by atoms with Crippen LogP contribution in [0.5, 0.6) is 0 Å². The fourth-order valence-corrected chi connectivity index (χ4v) is 0.437. The molecule has 0 aromatic carbocycles. The molecule has 4 heteroatoms. The molecule has 4 nitrogen and oxygen atoms in total. The monoisotopic (exact) mass is 168 g/mol. The largest absolute Gasteiger partial charge is 0.478 e. The standard InChI is InChI=1S/C8H8O4/c1-3-5-6(8(10)11)12-7(9)4-2/h4,6H,2H2,1H3,(H,10,11). The number of rotatable bonds is 3. The van der Waals surface area contributed by atoms with Gasteiger partial charge in [0.15, 0.2) is 0 Å². The van der Waals surface area contributed by atoms with Gasteiger partial charge in [0.25, 0.3) is 6.10 Å². The van der Waals surface area contributed by atoms with Crippen LogP contribution < -0.4 is 0 Å². The van der Waals surface area contributed by atoms with Crippen molar-refractivity contribution in [1.29, 1.82) is 0 Å². The van der Waals surface area contributed by atoms with Crippen LogP contribution in [0.2, 0.25) is 0 Å². The molecule has 0 saturated heterocycles. The zero-order chi connectivity index (χ0) is 9.56. The number of carbonyl (C=O) groups is 2. The lowest BCUT2D eigenvalue weighted by atomic mass is 10.3. The Morgan fingerprint density at radius 2 is 2.25 bits per heavy atom. The molecule has 0 radical (unpaired) electrons. The number of hydrogen-bond acceptors (Lipinski definition) is 3. The van der Waals surface area contributed by atoms with Crippen LogP contribution in [0.15, 0.2) is 12.7 Å². The summed E-state index contributed by atoms with van der Waals surface area (Å²) < 4.78 is 4.37. The zero-order valence-corrected chi connectivity index (χ0v) is 6.53. The Morgan fingerprint density at radius 3 is 2.58 bits per heavy atom. The van der Waals surface area contributed by atoms with E-state index in [9.17, 15) is 9.59 Å². The fourth-order valence-electron chi connectivity index (χ4n) is 0.437. The Balaban J connectivity index is 4.30. The molecule has 12 heavy (non-hydrogen) atoms. The number of carbonyl (C=O) groups excluding carboxylic acids is 1. The molecular weight excluding hydrogens is 160 g/mol. The third kappa shape index (κ3) is 3.42. The lowest BCUT2D eigenvalue weighted by Crippen LogP contribution is -2.24. The summed E-state index contributed by atoms with van der Waals surface area (Å²) in [4.78, 5) is 20.9. The molecule has 1 unspecified atom stereocenters. The maximum Gasteiger partial charge on any atom is 0.357 e. The van der Waals surface area contributed by atoms with Gasteiger partial charge in [-0.2, -0.15) is 0 Å². The predicted octanol–water partition coefficient (Wildman–Crippen LogP) is 0.192. The van der Waals surface area contributed by atoms with Gasteiger partial charge < -0.3 is 9.84 Å². The number of carboxylic acids is 1. The van der Waals surface area contributed by atoms with Crippen LogP contribution >= 0.6 is 0 Å². The molecule has 1 N–H and O–H groups in total. The maximum absolute atomic E-state index is 10.5. The van der Waals surface area contributed by atoms with Crippen LogP contribution in [0.3, 0.4) is 0 Å². The van der Waals surface area contributed by atoms with E-state index in [0.717, 1.165) is 6.08 Å². The Bertz CT molecular complexity index is 256. The zero-order valence-electron chi connectivity index (χ0n) is 6.53. The van der Waals surface area contributed by atoms with Gasteiger partial charge in [0.2, 0.25) is 0 Å². The van der Waals surface area contributed by atoms with Gasteiger partial charge in [0.1, 0.15) is 0 Å². The quantitative estimate of drug-likeness (QED) is 0.371. The second kappa shape index (κ2) is 4.97. The average molecular weight is 168 g/mol. The van der Waals surface area contributed by atoms with E-state index in [1.165, 1.54) is 6.92 Å². The van der Waals surface area contributed by atoms with Crippen LogP contribution in [-0.2, 0) is 14.3 Å². The first-order valence-corrected chi connectivity index (χ1v) is 3.10. The molecule has 0 spiro atoms. The second-order valence-corrected chi connectivity index (χ2v) is 1.75. The van der Waals surface area contributed by atoms with Gasteiger partial charge in [-0.3, -0.25) is 0 Å². The first-order chi connectivity index (χ1) is 5.61. The molecule has 0 aromatic rings. The highest BCUT2D eigenvalue weighted by molar-refractivity contribution is 5.86. The van der Waals surface area contributed by atoms with Crippen LogP contribution in [0.4, 0.5) is 0 Å². The summed E-state index contributed by atoms with van der Waals surface area (Å²) in [5.41, 5.74) is 0. The van der Waals surface area contributed by atoms with Crippen molar-refractivity contribution >= 4 is 11.9 Å². The third-order valence-corrected chi connectivity index (χ3v) is 0.900. The molecule has 0 aliphatic heterocycles. The summed E-state index contributed by atoms with van der Waals surface area (Å²) >= 11 is 0. The molecular formula is C8H8O4. The van der Waals surface area contributed by atoms with E-state index >= 15 is 0 Å². The Labute approximate surface area is 69.8 Å². The minimum Gasteiger partial charge on any atom is -0.478 e. The highest BCUT2D eigenvalue weighted by Crippen LogP contribution is 1.92. The van der Waals surface area contributed by atoms with Crippen molar-refractivity contribution in [2.75, 3.05) is 0 Å². The highest BCUT2D eigenvalue weighted by atomic mass is 16.6. The molecule has 0 bridgehead atoms. The van der Waals surface area contributed by atoms with Crippen LogP contribution in [0.1, 0.15) is 6.92 Å². The molecule has 0 aliphatic rings. The number of ether oxygens (including phenoxy) is 1. The van der Waals surface area contributed by atoms with Gasteiger partial charge in [0.05, 0.1) is 0 Å². The lowest BCUT2D eigenvalue weighted by Gasteiger charge is -2.04. The minimum absolute atomic E-state index is 0.801. The minimum atomic E-state index is -1.40. The molecule has 0 amide bonds. The Kier molecular flexibility index (Phi) is 4.24. The lowest BCUT2D eigenvalue weighted by molar-refractivity contribution is -0.156. The smallest absolute Gasteiger partial charge is 0.357 e. The van der Waals surface area contributed by atoms with E-state index < -0.39 is 18.0 Å². The Morgan fingerprint density at radius 1 is 1.67 bits per heavy atom. The molecule has 0 rings (SSSR count). The summed E-state index contributed by atoms with van der Waals surface area (Å²) in [6.45, 7) is 4.57. The first kappa shape index (κ1) is 10.2. The van der Waals surface area contributed by atoms with Gasteiger partial charge in [-0.25, -0.2) is 9.59 Å². The molecule has 0 heterocycles. The number of esters is 1. The van der Waals surface area contributed by atoms with Crippen molar-refractivity contribution in [2.24, 2.45) is 0 Å². The van der Waals surface area contributed by atoms with Crippen molar-refractivity contribution in [3.05, 3.63) is 12.7 Å². The predicted molar refractivity (Wildman–Crippen MR) is 41.2 cm³/mol. The Hall–Kier alpha value is -1.76. The number of carboxylic acid groups (broad SMARTS) is 1. The molecule has 0 aliphatic carbocycles. The van der Waals surface area contributed by atoms with Gasteiger partial charge in [-0.05, 0) is 12.8 Å². The maximum atomic E-state index is 10.5. The van der Waals surface area contributed by atoms with Gasteiger partial charge >= 0.3 is 11.9 Å². The van der Waals surface area contributed by atoms with E-state index in [2.05, 4.69) is 23.2 Å². The van der Waals surface area contributed by atoms with Crippen LogP contribution in [0, 0.1) is 11.8 Å². The normalized spacial score (nSPS) is 10.4. The van der Waals surface area contributed by atoms with Gasteiger partial charge in [0, 0.05) is 6.08 Å². The van der Waals surface area contributed by atoms with Crippen molar-refractivity contribution < 1.29 is 19.4 Å². The van der Waals surface area contributed by atoms with E-state index in [0.29, 0.717) is 0 Å². The SMILES string of the molecule is C=CC(=O)OC(C#CC)C(=O)O. The molecule has 0 aromatic heterocycles. The molecule has 0 fully saturated rings. The number of aliphatic carboxylic acids is 1. The molecule has 64 valence electrons. The van der Waals surface area contributed by atoms with Gasteiger partial charge in [-0.1, -0.05) is 6.58 Å². The molecule has 0 saturated carbocycles. The van der Waals surface area contributed by atoms with Gasteiger partial charge in [-0.15, -0.1) is 5.92 Å². The number of hydrogen-bond donors (Lipinski definition) is 1. The highest BCUT2D eigenvalue weighted by Gasteiger charge is 2.17. The first-order valence-electron chi connectivity index (χ1n) is 3.10. The topological polar surface area (TPSA) is 63.6 Å². The average Bonchev–Trinajstić information content (AvgIpc) is 2.03. The summed E-state index contributed by atoms with van der Waals surface area (Å²) in [7, 11) is 0. The van der Waals surface area contributed by atoms with Crippen molar-refractivity contribution in [3.63, 3.8) is 0 Å². The summed E-state index contributed by atoms with van der Waals surface area (Å²) in [5.74, 6) is 2.45. The summed E-state index contributed by atoms with van der Waals surface area (Å²) in [6, 6.07) is 0. The van der Waals surface area contributed by atoms with E-state index in [1.54, 1.807) is 0 Å². The van der Waals surface area contributed by atoms with E-state index in [-0.39, 0.29) is 0 Å². The van der Waals surface area contributed by atoms with Crippen LogP contribution in [0.25, 0.3) is 0 Å². The second-order valence-electron chi connectivity index (χ2n) is 1.75. The summed E-state index contributed by atoms with van der Waals surface area (Å²) in [6.07, 6.45) is -0.520. The van der Waals surface area contributed by atoms with E-state index in [1.807, 2.05) is 0 Å². The van der Waals surface area contributed by atoms with Crippen molar-refractivity contribution in [1.82, 2.24) is 0 Å². The van der Waals surface area contributed by atoms with E-state index in [4.69, 9.17) is 5.11 Å². The third-order valence-electron chi connectivity index (χ3n) is 0.900. The molecule has 1 atom stereocenters. The van der Waals surface area contributed by atoms with Crippen molar-refractivity contribution in [2.45, 2.75) is 13.0 Å². The summed E-state index contributed by atoms with van der Waals surface area (Å²) in [5, 5.41) is 8.43. The fraction of sp³-hybridized carbons (Fsp3) is 0.250.